The molecule has 0 spiro atoms. The van der Waals surface area contributed by atoms with Crippen LogP contribution in [-0.4, -0.2) is 42.7 Å². The van der Waals surface area contributed by atoms with E-state index in [1.54, 1.807) is 13.2 Å². The number of ether oxygens (including phenoxy) is 1. The van der Waals surface area contributed by atoms with Crippen LogP contribution in [0.4, 0.5) is 0 Å². The Morgan fingerprint density at radius 2 is 2.00 bits per heavy atom. The van der Waals surface area contributed by atoms with Crippen LogP contribution in [0.1, 0.15) is 46.1 Å². The number of nitrogens with zero attached hydrogens (tertiary/aromatic N) is 2. The Bertz CT molecular complexity index is 986. The van der Waals surface area contributed by atoms with E-state index in [0.717, 1.165) is 55.9 Å². The van der Waals surface area contributed by atoms with Gasteiger partial charge in [0.25, 0.3) is 5.91 Å². The number of benzene rings is 2. The van der Waals surface area contributed by atoms with Gasteiger partial charge in [0.05, 0.1) is 12.8 Å². The molecule has 1 aromatic heterocycles. The van der Waals surface area contributed by atoms with Gasteiger partial charge in [-0.15, -0.1) is 0 Å². The largest absolute Gasteiger partial charge is 0.497 e. The van der Waals surface area contributed by atoms with Gasteiger partial charge in [-0.25, -0.2) is 0 Å². The maximum absolute atomic E-state index is 12.5. The molecule has 1 aliphatic rings. The summed E-state index contributed by atoms with van der Waals surface area (Å²) in [6, 6.07) is 20.0. The molecule has 0 saturated carbocycles. The van der Waals surface area contributed by atoms with Crippen LogP contribution in [0.5, 0.6) is 5.75 Å². The minimum atomic E-state index is -0.252. The molecule has 1 unspecified atom stereocenters. The van der Waals surface area contributed by atoms with Gasteiger partial charge in [-0.1, -0.05) is 47.6 Å². The van der Waals surface area contributed by atoms with Crippen molar-refractivity contribution < 1.29 is 14.1 Å². The van der Waals surface area contributed by atoms with Gasteiger partial charge in [-0.2, -0.15) is 0 Å². The van der Waals surface area contributed by atoms with E-state index >= 15 is 0 Å². The lowest BCUT2D eigenvalue weighted by Crippen LogP contribution is -2.35. The third kappa shape index (κ3) is 5.73. The third-order valence-electron chi connectivity index (χ3n) is 5.82. The molecule has 31 heavy (non-hydrogen) atoms. The van der Waals surface area contributed by atoms with Crippen molar-refractivity contribution in [2.75, 3.05) is 26.7 Å². The van der Waals surface area contributed by atoms with E-state index in [-0.39, 0.29) is 11.7 Å². The Balaban J connectivity index is 1.30. The van der Waals surface area contributed by atoms with Crippen molar-refractivity contribution in [1.29, 1.82) is 0 Å². The predicted molar refractivity (Wildman–Crippen MR) is 119 cm³/mol. The SMILES string of the molecule is COc1cccc(CNC(=O)c2cc(C3CCCN(CCc4ccccc4)C3)no2)c1. The number of hydrogen-bond acceptors (Lipinski definition) is 5. The van der Waals surface area contributed by atoms with Crippen LogP contribution in [0.15, 0.2) is 65.2 Å². The summed E-state index contributed by atoms with van der Waals surface area (Å²) in [6.45, 7) is 3.49. The summed E-state index contributed by atoms with van der Waals surface area (Å²) in [5, 5.41) is 7.10. The van der Waals surface area contributed by atoms with Crippen molar-refractivity contribution in [3.05, 3.63) is 83.2 Å². The lowest BCUT2D eigenvalue weighted by molar-refractivity contribution is 0.0913. The van der Waals surface area contributed by atoms with Crippen molar-refractivity contribution in [1.82, 2.24) is 15.4 Å². The van der Waals surface area contributed by atoms with E-state index in [9.17, 15) is 4.79 Å². The molecule has 1 saturated heterocycles. The first-order valence-corrected chi connectivity index (χ1v) is 10.9. The molecule has 162 valence electrons. The van der Waals surface area contributed by atoms with E-state index in [0.29, 0.717) is 12.5 Å². The second-order valence-electron chi connectivity index (χ2n) is 8.03. The Morgan fingerprint density at radius 3 is 2.84 bits per heavy atom. The average Bonchev–Trinajstić information content (AvgIpc) is 3.33. The summed E-state index contributed by atoms with van der Waals surface area (Å²) in [6.07, 6.45) is 3.24. The molecule has 2 heterocycles. The zero-order valence-corrected chi connectivity index (χ0v) is 17.9. The van der Waals surface area contributed by atoms with Gasteiger partial charge in [0, 0.05) is 31.6 Å². The molecule has 1 amide bonds. The van der Waals surface area contributed by atoms with Crippen molar-refractivity contribution in [2.24, 2.45) is 0 Å². The first-order chi connectivity index (χ1) is 15.2. The maximum atomic E-state index is 12.5. The van der Waals surface area contributed by atoms with Crippen LogP contribution in [0, 0.1) is 0 Å². The van der Waals surface area contributed by atoms with Crippen LogP contribution in [0.2, 0.25) is 0 Å². The fourth-order valence-electron chi connectivity index (χ4n) is 4.07. The fourth-order valence-corrected chi connectivity index (χ4v) is 4.07. The Labute approximate surface area is 183 Å². The van der Waals surface area contributed by atoms with Gasteiger partial charge < -0.3 is 19.5 Å². The standard InChI is InChI=1S/C25H29N3O3/c1-30-22-11-5-9-20(15-22)17-26-25(29)24-16-23(27-31-24)21-10-6-13-28(18-21)14-12-19-7-3-2-4-8-19/h2-5,7-9,11,15-16,21H,6,10,12-14,17-18H2,1H3,(H,26,29). The number of likely N-dealkylation sites (tertiary alicyclic amines) is 1. The summed E-state index contributed by atoms with van der Waals surface area (Å²) >= 11 is 0. The molecule has 1 aliphatic heterocycles. The van der Waals surface area contributed by atoms with E-state index in [1.165, 1.54) is 5.56 Å². The number of carbonyl (C=O) groups excluding carboxylic acids is 1. The number of nitrogens with one attached hydrogen (secondary N) is 1. The molecule has 4 rings (SSSR count). The van der Waals surface area contributed by atoms with Crippen LogP contribution in [-0.2, 0) is 13.0 Å². The Kier molecular flexibility index (Phi) is 6.99. The lowest BCUT2D eigenvalue weighted by Gasteiger charge is -2.31. The number of piperidine rings is 1. The van der Waals surface area contributed by atoms with Crippen molar-refractivity contribution in [2.45, 2.75) is 31.7 Å². The number of rotatable bonds is 8. The van der Waals surface area contributed by atoms with Crippen molar-refractivity contribution >= 4 is 5.91 Å². The lowest BCUT2D eigenvalue weighted by atomic mass is 9.94. The molecule has 6 heteroatoms. The van der Waals surface area contributed by atoms with E-state index in [4.69, 9.17) is 9.26 Å². The molecule has 3 aromatic rings. The summed E-state index contributed by atoms with van der Waals surface area (Å²) < 4.78 is 10.6. The maximum Gasteiger partial charge on any atom is 0.290 e. The number of carbonyl (C=O) groups is 1. The smallest absolute Gasteiger partial charge is 0.290 e. The first kappa shape index (κ1) is 21.1. The molecular weight excluding hydrogens is 390 g/mol. The monoisotopic (exact) mass is 419 g/mol. The summed E-state index contributed by atoms with van der Waals surface area (Å²) in [5.41, 5.74) is 3.20. The molecular formula is C25H29N3O3. The van der Waals surface area contributed by atoms with E-state index in [2.05, 4.69) is 45.7 Å². The number of hydrogen-bond donors (Lipinski definition) is 1. The zero-order valence-electron chi connectivity index (χ0n) is 17.9. The van der Waals surface area contributed by atoms with Gasteiger partial charge in [0.15, 0.2) is 0 Å². The normalized spacial score (nSPS) is 16.7. The molecule has 6 nitrogen and oxygen atoms in total. The highest BCUT2D eigenvalue weighted by atomic mass is 16.5. The van der Waals surface area contributed by atoms with Gasteiger partial charge in [-0.05, 0) is 49.1 Å². The molecule has 1 atom stereocenters. The molecule has 2 aromatic carbocycles. The second kappa shape index (κ2) is 10.3. The molecule has 0 radical (unpaired) electrons. The van der Waals surface area contributed by atoms with E-state index < -0.39 is 0 Å². The van der Waals surface area contributed by atoms with Gasteiger partial charge >= 0.3 is 0 Å². The predicted octanol–water partition coefficient (Wildman–Crippen LogP) is 4.04. The van der Waals surface area contributed by atoms with Crippen molar-refractivity contribution in [3.63, 3.8) is 0 Å². The highest BCUT2D eigenvalue weighted by molar-refractivity contribution is 5.91. The van der Waals surface area contributed by atoms with Crippen LogP contribution < -0.4 is 10.1 Å². The van der Waals surface area contributed by atoms with Gasteiger partial charge in [0.2, 0.25) is 5.76 Å². The van der Waals surface area contributed by atoms with Gasteiger partial charge in [-0.3, -0.25) is 4.79 Å². The average molecular weight is 420 g/mol. The van der Waals surface area contributed by atoms with Crippen molar-refractivity contribution in [3.8, 4) is 5.75 Å². The van der Waals surface area contributed by atoms with Gasteiger partial charge in [0.1, 0.15) is 5.75 Å². The van der Waals surface area contributed by atoms with Crippen LogP contribution >= 0.6 is 0 Å². The topological polar surface area (TPSA) is 67.6 Å². The molecule has 0 bridgehead atoms. The second-order valence-corrected chi connectivity index (χ2v) is 8.03. The minimum Gasteiger partial charge on any atom is -0.497 e. The minimum absolute atomic E-state index is 0.252. The Hall–Kier alpha value is -3.12. The number of aromatic nitrogens is 1. The highest BCUT2D eigenvalue weighted by Crippen LogP contribution is 2.27. The van der Waals surface area contributed by atoms with Crippen LogP contribution in [0.3, 0.4) is 0 Å². The third-order valence-corrected chi connectivity index (χ3v) is 5.82. The fraction of sp³-hybridized carbons (Fsp3) is 0.360. The zero-order chi connectivity index (χ0) is 21.5. The molecule has 1 fully saturated rings. The van der Waals surface area contributed by atoms with E-state index in [1.807, 2.05) is 24.3 Å². The quantitative estimate of drug-likeness (QED) is 0.597. The first-order valence-electron chi connectivity index (χ1n) is 10.9. The van der Waals surface area contributed by atoms with Crippen LogP contribution in [0.25, 0.3) is 0 Å². The molecule has 0 aliphatic carbocycles. The Morgan fingerprint density at radius 1 is 1.16 bits per heavy atom. The summed E-state index contributed by atoms with van der Waals surface area (Å²) in [5.74, 6) is 1.08. The summed E-state index contributed by atoms with van der Waals surface area (Å²) in [4.78, 5) is 15.0. The molecule has 1 N–H and O–H groups in total. The summed E-state index contributed by atoms with van der Waals surface area (Å²) in [7, 11) is 1.63. The number of methoxy groups -OCH3 is 1. The highest BCUT2D eigenvalue weighted by Gasteiger charge is 2.25. The number of amides is 1.